The fraction of sp³-hybridized carbons (Fsp3) is 1.00. The maximum atomic E-state index is 11.9. The van der Waals surface area contributed by atoms with Crippen molar-refractivity contribution in [3.05, 3.63) is 0 Å². The Morgan fingerprint density at radius 2 is 2.00 bits per heavy atom. The van der Waals surface area contributed by atoms with Gasteiger partial charge >= 0.3 is 0 Å². The number of hydrogen-bond donors (Lipinski definition) is 2. The van der Waals surface area contributed by atoms with Gasteiger partial charge in [0.15, 0.2) is 0 Å². The minimum Gasteiger partial charge on any atom is -0.381 e. The Kier molecular flexibility index (Phi) is 4.18. The second-order valence-electron chi connectivity index (χ2n) is 4.64. The Bertz CT molecular complexity index is 306. The maximum absolute atomic E-state index is 11.9. The third kappa shape index (κ3) is 3.69. The molecule has 2 aliphatic heterocycles. The van der Waals surface area contributed by atoms with Crippen LogP contribution in [0.2, 0.25) is 0 Å². The van der Waals surface area contributed by atoms with E-state index in [-0.39, 0.29) is 17.7 Å². The van der Waals surface area contributed by atoms with Gasteiger partial charge in [0.2, 0.25) is 10.0 Å². The summed E-state index contributed by atoms with van der Waals surface area (Å²) in [7, 11) is -3.11. The first-order valence-corrected chi connectivity index (χ1v) is 7.59. The highest BCUT2D eigenvalue weighted by Crippen LogP contribution is 2.12. The summed E-state index contributed by atoms with van der Waals surface area (Å²) in [5, 5.41) is 3.19. The first kappa shape index (κ1) is 12.3. The van der Waals surface area contributed by atoms with Crippen molar-refractivity contribution < 1.29 is 13.2 Å². The molecular weight excluding hydrogens is 228 g/mol. The van der Waals surface area contributed by atoms with Crippen molar-refractivity contribution in [1.29, 1.82) is 0 Å². The van der Waals surface area contributed by atoms with Gasteiger partial charge in [-0.15, -0.1) is 0 Å². The van der Waals surface area contributed by atoms with Crippen molar-refractivity contribution in [2.24, 2.45) is 5.92 Å². The molecule has 0 amide bonds. The van der Waals surface area contributed by atoms with Crippen molar-refractivity contribution >= 4 is 10.0 Å². The van der Waals surface area contributed by atoms with Crippen LogP contribution in [0.1, 0.15) is 19.3 Å². The summed E-state index contributed by atoms with van der Waals surface area (Å²) in [6.45, 7) is 3.10. The Labute approximate surface area is 97.0 Å². The van der Waals surface area contributed by atoms with Gasteiger partial charge in [0.25, 0.3) is 0 Å². The predicted molar refractivity (Wildman–Crippen MR) is 61.7 cm³/mol. The summed E-state index contributed by atoms with van der Waals surface area (Å²) in [4.78, 5) is 0. The molecule has 0 bridgehead atoms. The van der Waals surface area contributed by atoms with Crippen LogP contribution in [0.25, 0.3) is 0 Å². The van der Waals surface area contributed by atoms with Crippen LogP contribution in [0.4, 0.5) is 0 Å². The molecule has 0 spiro atoms. The highest BCUT2D eigenvalue weighted by atomic mass is 32.2. The lowest BCUT2D eigenvalue weighted by molar-refractivity contribution is 0.0832. The molecule has 0 aliphatic carbocycles. The van der Waals surface area contributed by atoms with Crippen LogP contribution in [-0.2, 0) is 14.8 Å². The summed E-state index contributed by atoms with van der Waals surface area (Å²) in [5.74, 6) is 0.537. The van der Waals surface area contributed by atoms with Crippen LogP contribution in [-0.4, -0.2) is 46.5 Å². The molecule has 6 heteroatoms. The van der Waals surface area contributed by atoms with Crippen molar-refractivity contribution in [2.75, 3.05) is 32.1 Å². The van der Waals surface area contributed by atoms with E-state index in [9.17, 15) is 8.42 Å². The van der Waals surface area contributed by atoms with Gasteiger partial charge in [-0.1, -0.05) is 0 Å². The Morgan fingerprint density at radius 3 is 2.62 bits per heavy atom. The number of nitrogens with one attached hydrogen (secondary N) is 2. The van der Waals surface area contributed by atoms with E-state index in [0.29, 0.717) is 13.2 Å². The zero-order chi connectivity index (χ0) is 11.4. The third-order valence-electron chi connectivity index (χ3n) is 3.19. The molecule has 2 N–H and O–H groups in total. The molecule has 1 atom stereocenters. The van der Waals surface area contributed by atoms with E-state index in [1.807, 2.05) is 0 Å². The van der Waals surface area contributed by atoms with Crippen LogP contribution in [0, 0.1) is 5.92 Å². The van der Waals surface area contributed by atoms with Gasteiger partial charge in [-0.25, -0.2) is 13.1 Å². The molecule has 2 saturated heterocycles. The number of ether oxygens (including phenoxy) is 1. The molecule has 0 radical (unpaired) electrons. The van der Waals surface area contributed by atoms with E-state index in [0.717, 1.165) is 32.4 Å². The highest BCUT2D eigenvalue weighted by Gasteiger charge is 2.25. The molecule has 2 rings (SSSR count). The Morgan fingerprint density at radius 1 is 1.25 bits per heavy atom. The van der Waals surface area contributed by atoms with Crippen LogP contribution in [0.5, 0.6) is 0 Å². The molecule has 16 heavy (non-hydrogen) atoms. The lowest BCUT2D eigenvalue weighted by atomic mass is 10.1. The maximum Gasteiger partial charge on any atom is 0.212 e. The van der Waals surface area contributed by atoms with E-state index in [2.05, 4.69) is 10.0 Å². The van der Waals surface area contributed by atoms with Gasteiger partial charge < -0.3 is 10.1 Å². The van der Waals surface area contributed by atoms with Gasteiger partial charge in [-0.2, -0.15) is 0 Å². The van der Waals surface area contributed by atoms with Crippen molar-refractivity contribution in [3.8, 4) is 0 Å². The van der Waals surface area contributed by atoms with E-state index in [4.69, 9.17) is 4.74 Å². The fourth-order valence-electron chi connectivity index (χ4n) is 2.28. The Balaban J connectivity index is 1.81. The second-order valence-corrected chi connectivity index (χ2v) is 6.44. The first-order chi connectivity index (χ1) is 7.66. The van der Waals surface area contributed by atoms with Crippen molar-refractivity contribution in [1.82, 2.24) is 10.0 Å². The van der Waals surface area contributed by atoms with E-state index in [1.165, 1.54) is 0 Å². The number of sulfonamides is 1. The van der Waals surface area contributed by atoms with Crippen LogP contribution >= 0.6 is 0 Å². The summed E-state index contributed by atoms with van der Waals surface area (Å²) in [5.41, 5.74) is 0. The van der Waals surface area contributed by atoms with Crippen LogP contribution in [0.3, 0.4) is 0 Å². The molecule has 0 saturated carbocycles. The SMILES string of the molecule is O=S(=O)(CC1CCNC1)NC1CCOCC1. The molecule has 0 aromatic heterocycles. The zero-order valence-corrected chi connectivity index (χ0v) is 10.3. The van der Waals surface area contributed by atoms with Crippen molar-refractivity contribution in [3.63, 3.8) is 0 Å². The molecule has 5 nitrogen and oxygen atoms in total. The second kappa shape index (κ2) is 5.44. The topological polar surface area (TPSA) is 67.4 Å². The summed E-state index contributed by atoms with van der Waals surface area (Å²) >= 11 is 0. The molecule has 2 heterocycles. The molecule has 0 aromatic rings. The van der Waals surface area contributed by atoms with E-state index >= 15 is 0 Å². The summed E-state index contributed by atoms with van der Waals surface area (Å²) < 4.78 is 31.7. The molecule has 0 aromatic carbocycles. The zero-order valence-electron chi connectivity index (χ0n) is 9.44. The van der Waals surface area contributed by atoms with Gasteiger partial charge in [0, 0.05) is 19.3 Å². The summed E-state index contributed by atoms with van der Waals surface area (Å²) in [6.07, 6.45) is 2.55. The fourth-order valence-corrected chi connectivity index (χ4v) is 4.03. The van der Waals surface area contributed by atoms with Gasteiger partial charge in [0.05, 0.1) is 5.75 Å². The molecule has 1 unspecified atom stereocenters. The molecule has 94 valence electrons. The smallest absolute Gasteiger partial charge is 0.212 e. The Hall–Kier alpha value is -0.170. The van der Waals surface area contributed by atoms with E-state index < -0.39 is 10.0 Å². The van der Waals surface area contributed by atoms with Gasteiger partial charge in [-0.3, -0.25) is 0 Å². The normalized spacial score (nSPS) is 28.4. The lowest BCUT2D eigenvalue weighted by Crippen LogP contribution is -2.41. The predicted octanol–water partition coefficient (Wildman–Crippen LogP) is -0.306. The lowest BCUT2D eigenvalue weighted by Gasteiger charge is -2.23. The van der Waals surface area contributed by atoms with Gasteiger partial charge in [0.1, 0.15) is 0 Å². The average molecular weight is 248 g/mol. The van der Waals surface area contributed by atoms with Crippen LogP contribution < -0.4 is 10.0 Å². The average Bonchev–Trinajstić information content (AvgIpc) is 2.70. The highest BCUT2D eigenvalue weighted by molar-refractivity contribution is 7.89. The minimum atomic E-state index is -3.11. The van der Waals surface area contributed by atoms with Crippen molar-refractivity contribution in [2.45, 2.75) is 25.3 Å². The molecular formula is C10H20N2O3S. The first-order valence-electron chi connectivity index (χ1n) is 5.94. The largest absolute Gasteiger partial charge is 0.381 e. The number of hydrogen-bond acceptors (Lipinski definition) is 4. The minimum absolute atomic E-state index is 0.0770. The number of rotatable bonds is 4. The third-order valence-corrected chi connectivity index (χ3v) is 4.79. The van der Waals surface area contributed by atoms with Gasteiger partial charge in [-0.05, 0) is 38.3 Å². The monoisotopic (exact) mass is 248 g/mol. The molecule has 2 aliphatic rings. The standard InChI is InChI=1S/C10H20N2O3S/c13-16(14,8-9-1-4-11-7-9)12-10-2-5-15-6-3-10/h9-12H,1-8H2. The van der Waals surface area contributed by atoms with E-state index in [1.54, 1.807) is 0 Å². The van der Waals surface area contributed by atoms with Crippen LogP contribution in [0.15, 0.2) is 0 Å². The molecule has 2 fully saturated rings. The summed E-state index contributed by atoms with van der Waals surface area (Å²) in [6, 6.07) is 0.0770. The quantitative estimate of drug-likeness (QED) is 0.716.